The van der Waals surface area contributed by atoms with Gasteiger partial charge in [-0.15, -0.1) is 0 Å². The Hall–Kier alpha value is -2.01. The molecule has 0 fully saturated rings. The van der Waals surface area contributed by atoms with Crippen molar-refractivity contribution in [1.29, 1.82) is 0 Å². The number of hydrogen-bond donors (Lipinski definition) is 0. The van der Waals surface area contributed by atoms with Crippen molar-refractivity contribution in [2.75, 3.05) is 0 Å². The van der Waals surface area contributed by atoms with Gasteiger partial charge in [0.15, 0.2) is 0 Å². The zero-order valence-corrected chi connectivity index (χ0v) is 14.6. The van der Waals surface area contributed by atoms with E-state index >= 15 is 0 Å². The molecule has 0 aliphatic carbocycles. The minimum absolute atomic E-state index is 0.420. The van der Waals surface area contributed by atoms with Gasteiger partial charge in [-0.25, -0.2) is 4.21 Å². The molecule has 0 saturated carbocycles. The van der Waals surface area contributed by atoms with E-state index in [2.05, 4.69) is 9.97 Å². The van der Waals surface area contributed by atoms with E-state index in [-0.39, 0.29) is 0 Å². The van der Waals surface area contributed by atoms with Gasteiger partial charge in [-0.3, -0.25) is 9.97 Å². The highest BCUT2D eigenvalue weighted by molar-refractivity contribution is 7.85. The fourth-order valence-corrected chi connectivity index (χ4v) is 4.47. The van der Waals surface area contributed by atoms with Gasteiger partial charge in [0.2, 0.25) is 0 Å². The SMILES string of the molecule is O=S(c1cnc2ccccc2c1Cl)c1cnc2ccccc2c1Cl. The second-order valence-corrected chi connectivity index (χ2v) is 7.35. The van der Waals surface area contributed by atoms with Crippen molar-refractivity contribution in [3.8, 4) is 0 Å². The molecule has 6 heteroatoms. The lowest BCUT2D eigenvalue weighted by Crippen LogP contribution is -1.98. The number of fused-ring (bicyclic) bond motifs is 2. The lowest BCUT2D eigenvalue weighted by atomic mass is 10.2. The molecule has 0 atom stereocenters. The lowest BCUT2D eigenvalue weighted by Gasteiger charge is -2.09. The number of pyridine rings is 2. The topological polar surface area (TPSA) is 42.9 Å². The van der Waals surface area contributed by atoms with E-state index in [1.807, 2.05) is 48.5 Å². The van der Waals surface area contributed by atoms with Crippen LogP contribution < -0.4 is 0 Å². The molecule has 3 nitrogen and oxygen atoms in total. The molecule has 0 aliphatic rings. The van der Waals surface area contributed by atoms with Gasteiger partial charge in [-0.2, -0.15) is 0 Å². The van der Waals surface area contributed by atoms with Crippen LogP contribution in [0, 0.1) is 0 Å². The number of nitrogens with zero attached hydrogens (tertiary/aromatic N) is 2. The van der Waals surface area contributed by atoms with Crippen molar-refractivity contribution in [3.63, 3.8) is 0 Å². The fourth-order valence-electron chi connectivity index (χ4n) is 2.56. The van der Waals surface area contributed by atoms with Gasteiger partial charge in [-0.1, -0.05) is 59.6 Å². The van der Waals surface area contributed by atoms with Gasteiger partial charge in [0.1, 0.15) is 0 Å². The molecule has 2 aromatic carbocycles. The molecule has 0 spiro atoms. The Balaban J connectivity index is 1.91. The predicted molar refractivity (Wildman–Crippen MR) is 98.2 cm³/mol. The van der Waals surface area contributed by atoms with E-state index < -0.39 is 10.8 Å². The van der Waals surface area contributed by atoms with Crippen LogP contribution in [0.5, 0.6) is 0 Å². The first-order chi connectivity index (χ1) is 11.7. The summed E-state index contributed by atoms with van der Waals surface area (Å²) in [6, 6.07) is 14.9. The maximum atomic E-state index is 13.0. The van der Waals surface area contributed by atoms with E-state index in [4.69, 9.17) is 23.2 Å². The molecular formula is C18H10Cl2N2OS. The fraction of sp³-hybridized carbons (Fsp3) is 0. The second kappa shape index (κ2) is 6.13. The highest BCUT2D eigenvalue weighted by Crippen LogP contribution is 2.34. The zero-order valence-electron chi connectivity index (χ0n) is 12.2. The molecule has 118 valence electrons. The smallest absolute Gasteiger partial charge is 0.0912 e. The predicted octanol–water partition coefficient (Wildman–Crippen LogP) is 5.26. The number of aromatic nitrogens is 2. The third-order valence-corrected chi connectivity index (χ3v) is 6.21. The van der Waals surface area contributed by atoms with Gasteiger partial charge < -0.3 is 0 Å². The Bertz CT molecular complexity index is 1030. The van der Waals surface area contributed by atoms with Crippen LogP contribution in [0.1, 0.15) is 0 Å². The molecule has 0 saturated heterocycles. The maximum absolute atomic E-state index is 13.0. The highest BCUT2D eigenvalue weighted by atomic mass is 35.5. The Morgan fingerprint density at radius 1 is 0.708 bits per heavy atom. The maximum Gasteiger partial charge on any atom is 0.0912 e. The number of para-hydroxylation sites is 2. The standard InChI is InChI=1S/C18H10Cl2N2OS/c19-17-11-5-1-3-7-13(11)21-9-15(17)24(23)16-10-22-14-8-4-2-6-12(14)18(16)20/h1-10H. The van der Waals surface area contributed by atoms with Crippen molar-refractivity contribution in [2.24, 2.45) is 0 Å². The van der Waals surface area contributed by atoms with Gasteiger partial charge in [0.05, 0.1) is 41.7 Å². The molecule has 0 bridgehead atoms. The van der Waals surface area contributed by atoms with Gasteiger partial charge >= 0.3 is 0 Å². The number of hydrogen-bond acceptors (Lipinski definition) is 3. The summed E-state index contributed by atoms with van der Waals surface area (Å²) < 4.78 is 13.0. The zero-order chi connectivity index (χ0) is 16.7. The van der Waals surface area contributed by atoms with Crippen LogP contribution in [0.3, 0.4) is 0 Å². The number of halogens is 2. The van der Waals surface area contributed by atoms with Crippen molar-refractivity contribution < 1.29 is 4.21 Å². The van der Waals surface area contributed by atoms with Crippen LogP contribution in [-0.4, -0.2) is 14.2 Å². The van der Waals surface area contributed by atoms with Crippen LogP contribution in [0.15, 0.2) is 70.7 Å². The van der Waals surface area contributed by atoms with E-state index in [1.54, 1.807) is 0 Å². The first-order valence-corrected chi connectivity index (χ1v) is 9.05. The Labute approximate surface area is 150 Å². The van der Waals surface area contributed by atoms with E-state index in [0.717, 1.165) is 21.8 Å². The third kappa shape index (κ3) is 2.47. The van der Waals surface area contributed by atoms with Crippen LogP contribution >= 0.6 is 23.2 Å². The van der Waals surface area contributed by atoms with E-state index in [1.165, 1.54) is 12.4 Å². The summed E-state index contributed by atoms with van der Waals surface area (Å²) in [5, 5.41) is 2.36. The van der Waals surface area contributed by atoms with Gasteiger partial charge in [0.25, 0.3) is 0 Å². The first kappa shape index (κ1) is 15.5. The van der Waals surface area contributed by atoms with Crippen LogP contribution in [0.4, 0.5) is 0 Å². The average Bonchev–Trinajstić information content (AvgIpc) is 2.62. The molecule has 0 unspecified atom stereocenters. The van der Waals surface area contributed by atoms with E-state index in [9.17, 15) is 4.21 Å². The Morgan fingerprint density at radius 3 is 1.58 bits per heavy atom. The third-order valence-electron chi connectivity index (χ3n) is 3.75. The van der Waals surface area contributed by atoms with Crippen molar-refractivity contribution >= 4 is 55.8 Å². The molecule has 24 heavy (non-hydrogen) atoms. The largest absolute Gasteiger partial charge is 0.255 e. The van der Waals surface area contributed by atoms with Gasteiger partial charge in [0, 0.05) is 23.2 Å². The highest BCUT2D eigenvalue weighted by Gasteiger charge is 2.18. The lowest BCUT2D eigenvalue weighted by molar-refractivity contribution is 0.683. The van der Waals surface area contributed by atoms with Crippen LogP contribution in [0.2, 0.25) is 10.0 Å². The van der Waals surface area contributed by atoms with E-state index in [0.29, 0.717) is 19.8 Å². The summed E-state index contributed by atoms with van der Waals surface area (Å²) in [5.74, 6) is 0. The van der Waals surface area contributed by atoms with Crippen molar-refractivity contribution in [3.05, 3.63) is 71.0 Å². The molecule has 0 amide bonds. The molecule has 2 aromatic heterocycles. The van der Waals surface area contributed by atoms with Gasteiger partial charge in [-0.05, 0) is 12.1 Å². The summed E-state index contributed by atoms with van der Waals surface area (Å²) in [4.78, 5) is 9.53. The summed E-state index contributed by atoms with van der Waals surface area (Å²) >= 11 is 12.9. The molecule has 0 N–H and O–H groups in total. The molecule has 0 aliphatic heterocycles. The summed E-state index contributed by atoms with van der Waals surface area (Å²) in [6.45, 7) is 0. The normalized spacial score (nSPS) is 11.5. The summed E-state index contributed by atoms with van der Waals surface area (Å²) in [5.41, 5.74) is 1.51. The molecule has 2 heterocycles. The number of rotatable bonds is 2. The quantitative estimate of drug-likeness (QED) is 0.482. The number of benzene rings is 2. The molecular weight excluding hydrogens is 363 g/mol. The monoisotopic (exact) mass is 372 g/mol. The molecule has 4 aromatic rings. The Morgan fingerprint density at radius 2 is 1.12 bits per heavy atom. The van der Waals surface area contributed by atoms with Crippen molar-refractivity contribution in [2.45, 2.75) is 9.79 Å². The molecule has 0 radical (unpaired) electrons. The minimum Gasteiger partial charge on any atom is -0.255 e. The Kier molecular flexibility index (Phi) is 3.96. The molecule has 4 rings (SSSR count). The minimum atomic E-state index is -1.57. The van der Waals surface area contributed by atoms with Crippen LogP contribution in [-0.2, 0) is 10.8 Å². The first-order valence-electron chi connectivity index (χ1n) is 7.15. The second-order valence-electron chi connectivity index (χ2n) is 5.18. The van der Waals surface area contributed by atoms with Crippen LogP contribution in [0.25, 0.3) is 21.8 Å². The van der Waals surface area contributed by atoms with Crippen molar-refractivity contribution in [1.82, 2.24) is 9.97 Å². The average molecular weight is 373 g/mol. The summed E-state index contributed by atoms with van der Waals surface area (Å²) in [6.07, 6.45) is 3.07. The summed E-state index contributed by atoms with van der Waals surface area (Å²) in [7, 11) is -1.57.